The van der Waals surface area contributed by atoms with Crippen LogP contribution in [0.2, 0.25) is 0 Å². The summed E-state index contributed by atoms with van der Waals surface area (Å²) < 4.78 is 9.91. The smallest absolute Gasteiger partial charge is 0.216 e. The van der Waals surface area contributed by atoms with E-state index in [0.717, 1.165) is 143 Å². The third-order valence-electron chi connectivity index (χ3n) is 20.4. The van der Waals surface area contributed by atoms with E-state index in [2.05, 4.69) is 192 Å². The van der Waals surface area contributed by atoms with Crippen molar-refractivity contribution in [2.75, 3.05) is 0 Å². The van der Waals surface area contributed by atoms with Crippen molar-refractivity contribution in [1.29, 1.82) is 0 Å². The van der Waals surface area contributed by atoms with E-state index >= 15 is 0 Å². The van der Waals surface area contributed by atoms with Crippen molar-refractivity contribution in [2.45, 2.75) is 311 Å². The summed E-state index contributed by atoms with van der Waals surface area (Å²) in [6.45, 7) is 12.9. The van der Waals surface area contributed by atoms with Gasteiger partial charge in [-0.05, 0) is 98.6 Å². The Bertz CT molecular complexity index is 3000. The number of fused-ring (bicyclic) bond motifs is 4. The van der Waals surface area contributed by atoms with Crippen LogP contribution >= 0.6 is 0 Å². The van der Waals surface area contributed by atoms with E-state index in [1.807, 2.05) is 0 Å². The summed E-state index contributed by atoms with van der Waals surface area (Å²) in [7, 11) is 0. The highest BCUT2D eigenvalue weighted by atomic mass is 15.0. The molecule has 0 saturated carbocycles. The van der Waals surface area contributed by atoms with E-state index in [9.17, 15) is 0 Å². The molecule has 0 aliphatic carbocycles. The fourth-order valence-corrected chi connectivity index (χ4v) is 14.8. The Labute approximate surface area is 582 Å². The molecule has 0 aromatic carbocycles. The maximum atomic E-state index is 5.85. The van der Waals surface area contributed by atoms with E-state index in [1.165, 1.54) is 231 Å². The van der Waals surface area contributed by atoms with Crippen LogP contribution in [0.15, 0.2) is 189 Å². The lowest BCUT2D eigenvalue weighted by Crippen LogP contribution is -2.39. The molecule has 96 heavy (non-hydrogen) atoms. The van der Waals surface area contributed by atoms with Crippen LogP contribution in [0.3, 0.4) is 0 Å². The first-order valence-corrected chi connectivity index (χ1v) is 39.6. The van der Waals surface area contributed by atoms with Gasteiger partial charge in [0.2, 0.25) is 22.8 Å². The lowest BCUT2D eigenvalue weighted by Gasteiger charge is -2.12. The monoisotopic (exact) mass is 1290 g/mol. The van der Waals surface area contributed by atoms with Crippen molar-refractivity contribution >= 4 is 45.1 Å². The minimum Gasteiger partial charge on any atom is -0.247 e. The zero-order chi connectivity index (χ0) is 66.5. The van der Waals surface area contributed by atoms with Gasteiger partial charge in [0, 0.05) is 74.2 Å². The van der Waals surface area contributed by atoms with E-state index in [4.69, 9.17) is 20.0 Å². The maximum Gasteiger partial charge on any atom is 0.216 e. The Morgan fingerprint density at radius 2 is 0.385 bits per heavy atom. The Balaban J connectivity index is 1.13. The van der Waals surface area contributed by atoms with Crippen molar-refractivity contribution in [2.24, 2.45) is 20.0 Å². The number of pyridine rings is 4. The standard InChI is InChI=1S/C88H124N8/c1-5-9-13-17-21-25-29-33-37-45-65-93-69-49-41-53-81(93)85-73-57-59-75(89-73)86(82-54-42-50-70-94(82)66-46-38-34-30-26-22-18-14-10-6-2)77-61-63-79(91-77)88(84-56-44-52-72-96(84)68-48-40-36-32-28-24-20-16-12-8-4)80-64-62-78(92-80)87(76-60-58-74(85)90-76)83-55-43-51-71-95(83)67-47-39-35-31-27-23-19-15-11-7-3/h41-44,49-64,69-72H,5-40,45-48,65-68H2,1-4H3/q+4. The fraction of sp³-hybridized carbons (Fsp3) is 0.545. The Morgan fingerprint density at radius 1 is 0.208 bits per heavy atom. The number of hydrogen-bond acceptors (Lipinski definition) is 4. The molecule has 0 radical (unpaired) electrons. The van der Waals surface area contributed by atoms with Gasteiger partial charge in [0.25, 0.3) is 0 Å². The van der Waals surface area contributed by atoms with Gasteiger partial charge in [0.15, 0.2) is 24.8 Å². The van der Waals surface area contributed by atoms with Crippen LogP contribution in [-0.4, -0.2) is 22.8 Å². The predicted molar refractivity (Wildman–Crippen MR) is 408 cm³/mol. The normalized spacial score (nSPS) is 15.0. The van der Waals surface area contributed by atoms with Crippen LogP contribution in [0.1, 0.15) is 307 Å². The first kappa shape index (κ1) is 73.4. The van der Waals surface area contributed by atoms with Crippen LogP contribution in [0.25, 0.3) is 22.3 Å². The molecule has 4 aromatic heterocycles. The summed E-state index contributed by atoms with van der Waals surface area (Å²) in [6, 6.07) is 26.8. The van der Waals surface area contributed by atoms with Crippen molar-refractivity contribution in [3.8, 4) is 0 Å². The Hall–Kier alpha value is -6.80. The summed E-state index contributed by atoms with van der Waals surface area (Å²) >= 11 is 0. The summed E-state index contributed by atoms with van der Waals surface area (Å²) in [5.41, 5.74) is 16.1. The second kappa shape index (κ2) is 42.8. The molecule has 0 amide bonds. The van der Waals surface area contributed by atoms with Crippen molar-refractivity contribution in [3.63, 3.8) is 0 Å². The zero-order valence-electron chi connectivity index (χ0n) is 60.5. The molecular formula is C88H124N8+4. The summed E-state index contributed by atoms with van der Waals surface area (Å²) in [6.07, 6.45) is 79.5. The van der Waals surface area contributed by atoms with E-state index in [0.29, 0.717) is 0 Å². The molecule has 8 heteroatoms. The summed E-state index contributed by atoms with van der Waals surface area (Å²) in [4.78, 5) is 23.4. The zero-order valence-corrected chi connectivity index (χ0v) is 60.5. The minimum atomic E-state index is 0.918. The maximum absolute atomic E-state index is 5.85. The summed E-state index contributed by atoms with van der Waals surface area (Å²) in [5.74, 6) is 0. The SMILES string of the molecule is CCCCCCCCCCCC[n+]1ccccc1C1=C2C=CC(=N2)C(c2cccc[n+]2CCCCCCCCCCCC)=C2C=CC(=N2)C(c2cccc[n+]2CCCCCCCCCCCC)=C2C=CC(=N2)C(c2cccc[n+]2CCCCCCCCCCCC)=C2C=CC1=N2. The fourth-order valence-electron chi connectivity index (χ4n) is 14.8. The van der Waals surface area contributed by atoms with Crippen LogP contribution < -0.4 is 18.3 Å². The topological polar surface area (TPSA) is 65.0 Å². The first-order chi connectivity index (χ1) is 47.6. The molecule has 0 fully saturated rings. The number of unbranched alkanes of at least 4 members (excludes halogenated alkanes) is 36. The van der Waals surface area contributed by atoms with Gasteiger partial charge < -0.3 is 0 Å². The highest BCUT2D eigenvalue weighted by Crippen LogP contribution is 2.38. The van der Waals surface area contributed by atoms with Crippen molar-refractivity contribution in [1.82, 2.24) is 0 Å². The number of aryl methyl sites for hydroxylation is 4. The number of aromatic nitrogens is 4. The van der Waals surface area contributed by atoms with Crippen LogP contribution in [-0.2, 0) is 26.2 Å². The van der Waals surface area contributed by atoms with Gasteiger partial charge in [-0.3, -0.25) is 0 Å². The molecule has 5 aliphatic rings. The number of aliphatic imine (C=N–C) groups is 4. The number of rotatable bonds is 48. The average Bonchev–Trinajstić information content (AvgIpc) is 1.60. The number of hydrogen-bond donors (Lipinski definition) is 0. The molecule has 0 N–H and O–H groups in total. The molecule has 9 heterocycles. The molecular weight excluding hydrogens is 1170 g/mol. The van der Waals surface area contributed by atoms with Crippen LogP contribution in [0.4, 0.5) is 0 Å². The molecule has 512 valence electrons. The number of nitrogens with zero attached hydrogens (tertiary/aromatic N) is 8. The third kappa shape index (κ3) is 22.6. The second-order valence-corrected chi connectivity index (χ2v) is 28.2. The molecule has 8 nitrogen and oxygen atoms in total. The molecule has 0 unspecified atom stereocenters. The molecule has 0 saturated heterocycles. The van der Waals surface area contributed by atoms with Gasteiger partial charge in [-0.2, -0.15) is 18.3 Å². The first-order valence-electron chi connectivity index (χ1n) is 39.6. The van der Waals surface area contributed by atoms with Crippen molar-refractivity contribution < 1.29 is 18.3 Å². The minimum absolute atomic E-state index is 0.918. The van der Waals surface area contributed by atoms with E-state index < -0.39 is 0 Å². The van der Waals surface area contributed by atoms with Crippen molar-refractivity contribution in [3.05, 3.63) is 192 Å². The van der Waals surface area contributed by atoms with E-state index in [1.54, 1.807) is 0 Å². The summed E-state index contributed by atoms with van der Waals surface area (Å²) in [5, 5.41) is 0. The largest absolute Gasteiger partial charge is 0.247 e. The Kier molecular flexibility index (Phi) is 32.7. The van der Waals surface area contributed by atoms with Crippen LogP contribution in [0.5, 0.6) is 0 Å². The third-order valence-corrected chi connectivity index (χ3v) is 20.4. The van der Waals surface area contributed by atoms with Gasteiger partial charge >= 0.3 is 0 Å². The second-order valence-electron chi connectivity index (χ2n) is 28.2. The van der Waals surface area contributed by atoms with Crippen LogP contribution in [0, 0.1) is 0 Å². The average molecular weight is 1290 g/mol. The molecule has 0 spiro atoms. The quantitative estimate of drug-likeness (QED) is 0.0312. The molecule has 4 aromatic rings. The lowest BCUT2D eigenvalue weighted by atomic mass is 10.0. The van der Waals surface area contributed by atoms with E-state index in [-0.39, 0.29) is 0 Å². The van der Waals surface area contributed by atoms with Gasteiger partial charge in [0.1, 0.15) is 26.2 Å². The molecule has 5 aliphatic heterocycles. The van der Waals surface area contributed by atoms with Gasteiger partial charge in [-0.1, -0.05) is 233 Å². The Morgan fingerprint density at radius 3 is 0.573 bits per heavy atom. The highest BCUT2D eigenvalue weighted by molar-refractivity contribution is 6.39. The molecule has 8 bridgehead atoms. The van der Waals surface area contributed by atoms with Gasteiger partial charge in [0.05, 0.1) is 67.9 Å². The molecule has 9 rings (SSSR count). The predicted octanol–water partition coefficient (Wildman–Crippen LogP) is 22.5. The van der Waals surface area contributed by atoms with Gasteiger partial charge in [-0.15, -0.1) is 0 Å². The van der Waals surface area contributed by atoms with Gasteiger partial charge in [-0.25, -0.2) is 20.0 Å². The lowest BCUT2D eigenvalue weighted by molar-refractivity contribution is -0.699. The number of allylic oxidation sites excluding steroid dienone is 12. The molecule has 0 atom stereocenters. The highest BCUT2D eigenvalue weighted by Gasteiger charge is 2.35.